The van der Waals surface area contributed by atoms with E-state index in [2.05, 4.69) is 16.4 Å². The fraction of sp³-hybridized carbons (Fsp3) is 0.636. The normalized spacial score (nSPS) is 23.9. The van der Waals surface area contributed by atoms with Crippen molar-refractivity contribution in [2.45, 2.75) is 43.4 Å². The van der Waals surface area contributed by atoms with Crippen LogP contribution in [0, 0.1) is 11.3 Å². The maximum Gasteiger partial charge on any atom is 0.100 e. The number of aromatic nitrogens is 1. The highest BCUT2D eigenvalue weighted by molar-refractivity contribution is 7.09. The zero-order valence-corrected chi connectivity index (χ0v) is 8.81. The highest BCUT2D eigenvalue weighted by atomic mass is 32.1. The number of nitriles is 1. The van der Waals surface area contributed by atoms with Crippen molar-refractivity contribution in [3.8, 4) is 6.07 Å². The van der Waals surface area contributed by atoms with Crippen LogP contribution in [0.3, 0.4) is 0 Å². The lowest BCUT2D eigenvalue weighted by Crippen LogP contribution is -2.32. The third-order valence-corrected chi connectivity index (χ3v) is 4.37. The Bertz CT molecular complexity index is 394. The Balaban J connectivity index is 1.92. The largest absolute Gasteiger partial charge is 0.244 e. The van der Waals surface area contributed by atoms with Crippen molar-refractivity contribution in [2.75, 3.05) is 0 Å². The van der Waals surface area contributed by atoms with E-state index in [1.165, 1.54) is 24.3 Å². The molecule has 2 aliphatic rings. The van der Waals surface area contributed by atoms with Crippen molar-refractivity contribution in [1.29, 1.82) is 5.26 Å². The number of hydrogen-bond acceptors (Lipinski definition) is 3. The molecule has 0 spiro atoms. The van der Waals surface area contributed by atoms with Gasteiger partial charge in [-0.3, -0.25) is 0 Å². The molecule has 0 radical (unpaired) electrons. The minimum atomic E-state index is -0.205. The minimum absolute atomic E-state index is 0.205. The van der Waals surface area contributed by atoms with Gasteiger partial charge in [0.05, 0.1) is 16.8 Å². The Morgan fingerprint density at radius 1 is 1.50 bits per heavy atom. The van der Waals surface area contributed by atoms with E-state index in [-0.39, 0.29) is 5.41 Å². The van der Waals surface area contributed by atoms with Gasteiger partial charge in [0, 0.05) is 11.3 Å². The smallest absolute Gasteiger partial charge is 0.100 e. The fourth-order valence-corrected chi connectivity index (χ4v) is 3.07. The molecule has 0 saturated heterocycles. The molecule has 2 aliphatic carbocycles. The van der Waals surface area contributed by atoms with E-state index < -0.39 is 0 Å². The summed E-state index contributed by atoms with van der Waals surface area (Å²) in [6.45, 7) is 0. The van der Waals surface area contributed by atoms with Crippen LogP contribution in [0.5, 0.6) is 0 Å². The maximum absolute atomic E-state index is 9.17. The van der Waals surface area contributed by atoms with Gasteiger partial charge in [0.1, 0.15) is 5.41 Å². The maximum atomic E-state index is 9.17. The summed E-state index contributed by atoms with van der Waals surface area (Å²) in [4.78, 5) is 4.63. The quantitative estimate of drug-likeness (QED) is 0.742. The molecule has 0 unspecified atom stereocenters. The van der Waals surface area contributed by atoms with Gasteiger partial charge < -0.3 is 0 Å². The van der Waals surface area contributed by atoms with Crippen molar-refractivity contribution < 1.29 is 0 Å². The molecule has 14 heavy (non-hydrogen) atoms. The Kier molecular flexibility index (Phi) is 1.69. The summed E-state index contributed by atoms with van der Waals surface area (Å²) < 4.78 is 0. The summed E-state index contributed by atoms with van der Waals surface area (Å²) >= 11 is 1.75. The van der Waals surface area contributed by atoms with Crippen LogP contribution < -0.4 is 0 Å². The third-order valence-electron chi connectivity index (χ3n) is 3.36. The summed E-state index contributed by atoms with van der Waals surface area (Å²) in [5.74, 6) is 0.726. The van der Waals surface area contributed by atoms with Crippen molar-refractivity contribution in [1.82, 2.24) is 4.98 Å². The lowest BCUT2D eigenvalue weighted by Gasteiger charge is -2.33. The molecule has 2 nitrogen and oxygen atoms in total. The van der Waals surface area contributed by atoms with Gasteiger partial charge in [0.2, 0.25) is 0 Å². The first-order valence-electron chi connectivity index (χ1n) is 5.21. The van der Waals surface area contributed by atoms with Gasteiger partial charge in [-0.15, -0.1) is 11.3 Å². The van der Waals surface area contributed by atoms with Crippen LogP contribution in [0.25, 0.3) is 0 Å². The number of rotatable bonds is 2. The second-order valence-corrected chi connectivity index (χ2v) is 5.28. The van der Waals surface area contributed by atoms with E-state index in [9.17, 15) is 0 Å². The second-order valence-electron chi connectivity index (χ2n) is 4.39. The van der Waals surface area contributed by atoms with E-state index in [4.69, 9.17) is 5.26 Å². The first-order chi connectivity index (χ1) is 6.84. The number of nitrogens with zero attached hydrogens (tertiary/aromatic N) is 2. The summed E-state index contributed by atoms with van der Waals surface area (Å²) in [5.41, 5.74) is 0.849. The highest BCUT2D eigenvalue weighted by Crippen LogP contribution is 2.46. The van der Waals surface area contributed by atoms with Crippen LogP contribution in [0.15, 0.2) is 5.38 Å². The Labute approximate surface area is 87.6 Å². The van der Waals surface area contributed by atoms with E-state index in [1.54, 1.807) is 11.3 Å². The molecule has 1 heterocycles. The van der Waals surface area contributed by atoms with Gasteiger partial charge in [-0.05, 0) is 32.1 Å². The molecule has 0 atom stereocenters. The van der Waals surface area contributed by atoms with Gasteiger partial charge in [-0.1, -0.05) is 0 Å². The van der Waals surface area contributed by atoms with Crippen LogP contribution in [-0.2, 0) is 5.41 Å². The second kappa shape index (κ2) is 2.80. The first-order valence-corrected chi connectivity index (χ1v) is 6.09. The molecule has 0 amide bonds. The Morgan fingerprint density at radius 3 is 2.79 bits per heavy atom. The van der Waals surface area contributed by atoms with Gasteiger partial charge in [-0.25, -0.2) is 4.98 Å². The minimum Gasteiger partial charge on any atom is -0.244 e. The van der Waals surface area contributed by atoms with E-state index >= 15 is 0 Å². The molecule has 0 aromatic carbocycles. The van der Waals surface area contributed by atoms with Crippen molar-refractivity contribution in [3.05, 3.63) is 16.1 Å². The van der Waals surface area contributed by atoms with E-state index in [1.807, 2.05) is 0 Å². The van der Waals surface area contributed by atoms with Crippen LogP contribution in [-0.4, -0.2) is 4.98 Å². The third kappa shape index (κ3) is 1.10. The van der Waals surface area contributed by atoms with Crippen molar-refractivity contribution >= 4 is 11.3 Å². The zero-order valence-electron chi connectivity index (χ0n) is 7.99. The summed E-state index contributed by atoms with van der Waals surface area (Å²) in [6, 6.07) is 2.45. The lowest BCUT2D eigenvalue weighted by molar-refractivity contribution is 0.317. The van der Waals surface area contributed by atoms with Gasteiger partial charge in [0.15, 0.2) is 0 Å². The molecule has 1 aromatic heterocycles. The van der Waals surface area contributed by atoms with Crippen LogP contribution in [0.1, 0.15) is 48.7 Å². The molecular formula is C11H12N2S. The van der Waals surface area contributed by atoms with E-state index in [0.717, 1.165) is 24.5 Å². The van der Waals surface area contributed by atoms with Gasteiger partial charge in [-0.2, -0.15) is 5.26 Å². The Hall–Kier alpha value is -0.880. The molecule has 0 N–H and O–H groups in total. The monoisotopic (exact) mass is 204 g/mol. The van der Waals surface area contributed by atoms with Crippen LogP contribution >= 0.6 is 11.3 Å². The van der Waals surface area contributed by atoms with Gasteiger partial charge in [0.25, 0.3) is 0 Å². The Morgan fingerprint density at radius 2 is 2.29 bits per heavy atom. The molecule has 3 heteroatoms. The van der Waals surface area contributed by atoms with Crippen molar-refractivity contribution in [3.63, 3.8) is 0 Å². The predicted molar refractivity (Wildman–Crippen MR) is 55.2 cm³/mol. The van der Waals surface area contributed by atoms with E-state index in [0.29, 0.717) is 0 Å². The average Bonchev–Trinajstić information content (AvgIpc) is 2.86. The first kappa shape index (κ1) is 8.43. The van der Waals surface area contributed by atoms with Crippen molar-refractivity contribution in [2.24, 2.45) is 0 Å². The molecule has 2 saturated carbocycles. The molecule has 2 fully saturated rings. The number of hydrogen-bond donors (Lipinski definition) is 0. The van der Waals surface area contributed by atoms with Crippen LogP contribution in [0.4, 0.5) is 0 Å². The summed E-state index contributed by atoms with van der Waals surface area (Å²) in [7, 11) is 0. The fourth-order valence-electron chi connectivity index (χ4n) is 1.98. The number of thiazole rings is 1. The molecule has 0 aliphatic heterocycles. The lowest BCUT2D eigenvalue weighted by atomic mass is 9.68. The predicted octanol–water partition coefficient (Wildman–Crippen LogP) is 2.97. The molecule has 0 bridgehead atoms. The molecule has 72 valence electrons. The topological polar surface area (TPSA) is 36.7 Å². The summed E-state index contributed by atoms with van der Waals surface area (Å²) in [6.07, 6.45) is 5.80. The average molecular weight is 204 g/mol. The van der Waals surface area contributed by atoms with Gasteiger partial charge >= 0.3 is 0 Å². The molecular weight excluding hydrogens is 192 g/mol. The standard InChI is InChI=1S/C11H12N2S/c12-7-11(4-1-5-11)9-6-14-10(13-9)8-2-3-8/h6,8H,1-5H2. The molecule has 1 aromatic rings. The SMILES string of the molecule is N#CC1(c2csc(C3CC3)n2)CCC1. The summed E-state index contributed by atoms with van der Waals surface area (Å²) in [5, 5.41) is 12.5. The van der Waals surface area contributed by atoms with Crippen LogP contribution in [0.2, 0.25) is 0 Å². The molecule has 3 rings (SSSR count). The highest BCUT2D eigenvalue weighted by Gasteiger charge is 2.41. The zero-order chi connectivity index (χ0) is 9.60.